The molecule has 1 aromatic carbocycles. The smallest absolute Gasteiger partial charge is 0.261 e. The number of ether oxygens (including phenoxy) is 2. The van der Waals surface area contributed by atoms with E-state index in [2.05, 4.69) is 15.7 Å². The van der Waals surface area contributed by atoms with Gasteiger partial charge in [0.05, 0.1) is 17.1 Å². The number of nitrogens with zero attached hydrogens (tertiary/aromatic N) is 2. The van der Waals surface area contributed by atoms with Crippen molar-refractivity contribution in [3.8, 4) is 11.5 Å². The van der Waals surface area contributed by atoms with Crippen LogP contribution < -0.4 is 20.1 Å². The van der Waals surface area contributed by atoms with Crippen LogP contribution in [0.2, 0.25) is 0 Å². The second kappa shape index (κ2) is 7.51. The topological polar surface area (TPSA) is 94.5 Å². The molecule has 0 saturated heterocycles. The lowest BCUT2D eigenvalue weighted by atomic mass is 10.2. The molecule has 0 fully saturated rings. The van der Waals surface area contributed by atoms with Crippen molar-refractivity contribution in [2.24, 2.45) is 7.05 Å². The number of hydrogen-bond acceptors (Lipinski definition) is 6. The van der Waals surface area contributed by atoms with Gasteiger partial charge in [0.2, 0.25) is 6.79 Å². The second-order valence-corrected chi connectivity index (χ2v) is 7.44. The number of benzene rings is 1. The molecule has 2 aromatic heterocycles. The van der Waals surface area contributed by atoms with Crippen LogP contribution in [0.3, 0.4) is 0 Å². The highest BCUT2D eigenvalue weighted by Gasteiger charge is 2.19. The summed E-state index contributed by atoms with van der Waals surface area (Å²) in [5, 5.41) is 11.1. The molecule has 0 unspecified atom stereocenters. The maximum atomic E-state index is 12.5. The van der Waals surface area contributed by atoms with Crippen molar-refractivity contribution < 1.29 is 19.1 Å². The molecule has 3 heterocycles. The minimum Gasteiger partial charge on any atom is -0.454 e. The lowest BCUT2D eigenvalue weighted by molar-refractivity contribution is 0.0944. The van der Waals surface area contributed by atoms with Crippen LogP contribution in [0.25, 0.3) is 10.2 Å². The molecule has 28 heavy (non-hydrogen) atoms. The van der Waals surface area contributed by atoms with Gasteiger partial charge in [0.15, 0.2) is 11.5 Å². The van der Waals surface area contributed by atoms with Gasteiger partial charge in [-0.25, -0.2) is 0 Å². The third-order valence-corrected chi connectivity index (χ3v) is 5.60. The predicted molar refractivity (Wildman–Crippen MR) is 105 cm³/mol. The number of fused-ring (bicyclic) bond motifs is 2. The number of hydrogen-bond donors (Lipinski definition) is 2. The highest BCUT2D eigenvalue weighted by Crippen LogP contribution is 2.32. The van der Waals surface area contributed by atoms with E-state index in [0.29, 0.717) is 28.5 Å². The number of amides is 2. The molecule has 0 bridgehead atoms. The summed E-state index contributed by atoms with van der Waals surface area (Å²) in [7, 11) is 1.83. The zero-order valence-electron chi connectivity index (χ0n) is 15.6. The molecule has 146 valence electrons. The Bertz CT molecular complexity index is 1060. The largest absolute Gasteiger partial charge is 0.454 e. The van der Waals surface area contributed by atoms with Gasteiger partial charge in [-0.15, -0.1) is 11.3 Å². The SMILES string of the molecule is CCCNC(=O)c1cc2c(CNC(=O)c3ccc4c(c3)OCO4)nn(C)c2s1. The van der Waals surface area contributed by atoms with Crippen molar-refractivity contribution in [2.75, 3.05) is 13.3 Å². The van der Waals surface area contributed by atoms with E-state index < -0.39 is 0 Å². The monoisotopic (exact) mass is 400 g/mol. The van der Waals surface area contributed by atoms with Crippen LogP contribution in [0, 0.1) is 0 Å². The number of nitrogens with one attached hydrogen (secondary N) is 2. The Kier molecular flexibility index (Phi) is 4.91. The maximum absolute atomic E-state index is 12.5. The van der Waals surface area contributed by atoms with Gasteiger partial charge >= 0.3 is 0 Å². The van der Waals surface area contributed by atoms with Gasteiger partial charge in [-0.3, -0.25) is 14.3 Å². The number of aryl methyl sites for hydroxylation is 1. The fourth-order valence-corrected chi connectivity index (χ4v) is 3.99. The Hall–Kier alpha value is -3.07. The molecule has 0 saturated carbocycles. The molecule has 9 heteroatoms. The molecule has 0 aliphatic carbocycles. The molecule has 2 N–H and O–H groups in total. The van der Waals surface area contributed by atoms with Crippen LogP contribution >= 0.6 is 11.3 Å². The first-order chi connectivity index (χ1) is 13.6. The maximum Gasteiger partial charge on any atom is 0.261 e. The highest BCUT2D eigenvalue weighted by molar-refractivity contribution is 7.20. The number of rotatable bonds is 6. The molecule has 1 aliphatic rings. The van der Waals surface area contributed by atoms with E-state index in [1.54, 1.807) is 22.9 Å². The molecule has 3 aromatic rings. The molecule has 0 spiro atoms. The molecule has 0 atom stereocenters. The minimum absolute atomic E-state index is 0.0848. The van der Waals surface area contributed by atoms with Gasteiger partial charge in [0, 0.05) is 24.5 Å². The highest BCUT2D eigenvalue weighted by atomic mass is 32.1. The molecule has 4 rings (SSSR count). The molecule has 8 nitrogen and oxygen atoms in total. The Labute approximate surface area is 165 Å². The Morgan fingerprint density at radius 1 is 1.18 bits per heavy atom. The van der Waals surface area contributed by atoms with Gasteiger partial charge in [0.25, 0.3) is 11.8 Å². The van der Waals surface area contributed by atoms with E-state index in [9.17, 15) is 9.59 Å². The minimum atomic E-state index is -0.228. The summed E-state index contributed by atoms with van der Waals surface area (Å²) in [5.74, 6) is 0.884. The quantitative estimate of drug-likeness (QED) is 0.663. The molecule has 0 radical (unpaired) electrons. The van der Waals surface area contributed by atoms with Crippen molar-refractivity contribution in [3.05, 3.63) is 40.4 Å². The van der Waals surface area contributed by atoms with Crippen molar-refractivity contribution >= 4 is 33.4 Å². The number of thiophene rings is 1. The van der Waals surface area contributed by atoms with Crippen molar-refractivity contribution in [3.63, 3.8) is 0 Å². The van der Waals surface area contributed by atoms with E-state index in [4.69, 9.17) is 9.47 Å². The van der Waals surface area contributed by atoms with E-state index >= 15 is 0 Å². The molecular formula is C19H20N4O4S. The third-order valence-electron chi connectivity index (χ3n) is 4.40. The summed E-state index contributed by atoms with van der Waals surface area (Å²) in [5.41, 5.74) is 1.21. The third kappa shape index (κ3) is 3.40. The normalized spacial score (nSPS) is 12.4. The molecule has 2 amide bonds. The summed E-state index contributed by atoms with van der Waals surface area (Å²) in [6.45, 7) is 3.08. The van der Waals surface area contributed by atoms with E-state index in [1.807, 2.05) is 20.0 Å². The van der Waals surface area contributed by atoms with Crippen LogP contribution in [-0.2, 0) is 13.6 Å². The van der Waals surface area contributed by atoms with Crippen LogP contribution in [-0.4, -0.2) is 34.9 Å². The van der Waals surface area contributed by atoms with Gasteiger partial charge in [-0.05, 0) is 30.7 Å². The van der Waals surface area contributed by atoms with Gasteiger partial charge in [-0.1, -0.05) is 6.92 Å². The first kappa shape index (κ1) is 18.3. The summed E-state index contributed by atoms with van der Waals surface area (Å²) < 4.78 is 12.3. The fraction of sp³-hybridized carbons (Fsp3) is 0.316. The fourth-order valence-electron chi connectivity index (χ4n) is 2.98. The van der Waals surface area contributed by atoms with Crippen LogP contribution in [0.15, 0.2) is 24.3 Å². The Balaban J connectivity index is 1.49. The lowest BCUT2D eigenvalue weighted by Crippen LogP contribution is -2.23. The van der Waals surface area contributed by atoms with Crippen LogP contribution in [0.5, 0.6) is 11.5 Å². The first-order valence-electron chi connectivity index (χ1n) is 8.98. The first-order valence-corrected chi connectivity index (χ1v) is 9.80. The Morgan fingerprint density at radius 2 is 2.00 bits per heavy atom. The predicted octanol–water partition coefficient (Wildman–Crippen LogP) is 2.43. The molecule has 1 aliphatic heterocycles. The van der Waals surface area contributed by atoms with Gasteiger partial charge in [-0.2, -0.15) is 5.10 Å². The van der Waals surface area contributed by atoms with E-state index in [-0.39, 0.29) is 25.2 Å². The van der Waals surface area contributed by atoms with Crippen molar-refractivity contribution in [1.82, 2.24) is 20.4 Å². The zero-order chi connectivity index (χ0) is 19.7. The Morgan fingerprint density at radius 3 is 2.82 bits per heavy atom. The van der Waals surface area contributed by atoms with Gasteiger partial charge < -0.3 is 20.1 Å². The van der Waals surface area contributed by atoms with Crippen LogP contribution in [0.4, 0.5) is 0 Å². The average molecular weight is 400 g/mol. The summed E-state index contributed by atoms with van der Waals surface area (Å²) in [6, 6.07) is 6.90. The summed E-state index contributed by atoms with van der Waals surface area (Å²) in [6.07, 6.45) is 0.884. The number of aromatic nitrogens is 2. The van der Waals surface area contributed by atoms with Crippen molar-refractivity contribution in [2.45, 2.75) is 19.9 Å². The number of carbonyl (C=O) groups excluding carboxylic acids is 2. The molecular weight excluding hydrogens is 380 g/mol. The summed E-state index contributed by atoms with van der Waals surface area (Å²) in [4.78, 5) is 26.2. The van der Waals surface area contributed by atoms with Crippen LogP contribution in [0.1, 0.15) is 39.1 Å². The van der Waals surface area contributed by atoms with Gasteiger partial charge in [0.1, 0.15) is 4.83 Å². The number of carbonyl (C=O) groups is 2. The van der Waals surface area contributed by atoms with E-state index in [0.717, 1.165) is 22.3 Å². The summed E-state index contributed by atoms with van der Waals surface area (Å²) >= 11 is 1.39. The van der Waals surface area contributed by atoms with Crippen molar-refractivity contribution in [1.29, 1.82) is 0 Å². The zero-order valence-corrected chi connectivity index (χ0v) is 16.4. The van der Waals surface area contributed by atoms with E-state index in [1.165, 1.54) is 11.3 Å². The average Bonchev–Trinajstić information content (AvgIpc) is 3.40. The standard InChI is InChI=1S/C19H20N4O4S/c1-3-6-20-18(25)16-8-12-13(22-23(2)19(12)28-16)9-21-17(24)11-4-5-14-15(7-11)27-10-26-14/h4-5,7-8H,3,6,9-10H2,1-2H3,(H,20,25)(H,21,24). The second-order valence-electron chi connectivity index (χ2n) is 6.41. The lowest BCUT2D eigenvalue weighted by Gasteiger charge is -2.05.